The zero-order valence-corrected chi connectivity index (χ0v) is 12.6. The van der Waals surface area contributed by atoms with Gasteiger partial charge in [0.15, 0.2) is 0 Å². The van der Waals surface area contributed by atoms with Gasteiger partial charge in [0.25, 0.3) is 0 Å². The maximum absolute atomic E-state index is 6.26. The summed E-state index contributed by atoms with van der Waals surface area (Å²) in [7, 11) is 0. The first-order valence-corrected chi connectivity index (χ1v) is 7.05. The number of hydrogen-bond acceptors (Lipinski definition) is 4. The summed E-state index contributed by atoms with van der Waals surface area (Å²) in [6, 6.07) is 0.415. The van der Waals surface area contributed by atoms with Gasteiger partial charge in [0, 0.05) is 31.2 Å². The molecule has 2 fully saturated rings. The molecule has 2 aliphatic rings. The van der Waals surface area contributed by atoms with Crippen LogP contribution in [0.1, 0.15) is 36.3 Å². The van der Waals surface area contributed by atoms with E-state index in [1.807, 2.05) is 13.8 Å². The molecule has 0 spiro atoms. The maximum atomic E-state index is 6.26. The van der Waals surface area contributed by atoms with E-state index in [0.717, 1.165) is 30.5 Å². The molecular formula is C14H24ClN3O. The number of aromatic nitrogens is 1. The number of aryl methyl sites for hydroxylation is 2. The van der Waals surface area contributed by atoms with Gasteiger partial charge in [-0.25, -0.2) is 0 Å². The van der Waals surface area contributed by atoms with Gasteiger partial charge in [0.05, 0.1) is 5.69 Å². The minimum atomic E-state index is 0. The molecular weight excluding hydrogens is 262 g/mol. The molecule has 1 aliphatic heterocycles. The summed E-state index contributed by atoms with van der Waals surface area (Å²) in [5.41, 5.74) is 8.56. The van der Waals surface area contributed by atoms with E-state index >= 15 is 0 Å². The molecule has 1 saturated heterocycles. The van der Waals surface area contributed by atoms with Crippen LogP contribution in [0, 0.1) is 25.7 Å². The van der Waals surface area contributed by atoms with E-state index in [0.29, 0.717) is 12.0 Å². The van der Waals surface area contributed by atoms with Crippen molar-refractivity contribution >= 4 is 12.4 Å². The topological polar surface area (TPSA) is 55.3 Å². The molecule has 2 heterocycles. The van der Waals surface area contributed by atoms with E-state index in [9.17, 15) is 0 Å². The third-order valence-corrected chi connectivity index (χ3v) is 4.79. The van der Waals surface area contributed by atoms with E-state index in [1.165, 1.54) is 31.4 Å². The fourth-order valence-corrected chi connectivity index (χ4v) is 3.69. The Morgan fingerprint density at radius 2 is 2.11 bits per heavy atom. The molecule has 1 aromatic rings. The first-order chi connectivity index (χ1) is 8.65. The van der Waals surface area contributed by atoms with Gasteiger partial charge in [0.2, 0.25) is 0 Å². The van der Waals surface area contributed by atoms with Crippen LogP contribution in [-0.4, -0.2) is 29.2 Å². The Balaban J connectivity index is 0.00000133. The number of rotatable bonds is 2. The molecule has 3 unspecified atom stereocenters. The molecule has 1 aromatic heterocycles. The van der Waals surface area contributed by atoms with E-state index in [4.69, 9.17) is 10.3 Å². The van der Waals surface area contributed by atoms with Gasteiger partial charge in [-0.1, -0.05) is 11.6 Å². The Bertz CT molecular complexity index is 415. The third-order valence-electron chi connectivity index (χ3n) is 4.79. The quantitative estimate of drug-likeness (QED) is 0.906. The molecule has 5 heteroatoms. The molecule has 0 bridgehead atoms. The molecule has 1 aliphatic carbocycles. The van der Waals surface area contributed by atoms with Crippen LogP contribution in [0.4, 0.5) is 0 Å². The Labute approximate surface area is 121 Å². The average Bonchev–Trinajstić information content (AvgIpc) is 2.89. The molecule has 0 radical (unpaired) electrons. The number of fused-ring (bicyclic) bond motifs is 1. The number of halogens is 1. The molecule has 1 saturated carbocycles. The molecule has 0 amide bonds. The highest BCUT2D eigenvalue weighted by Crippen LogP contribution is 2.36. The lowest BCUT2D eigenvalue weighted by Gasteiger charge is -2.29. The first-order valence-electron chi connectivity index (χ1n) is 7.05. The standard InChI is InChI=1S/C14H23N3O.ClH/c1-9-12(10(2)18-16-9)7-17-6-11-4-3-5-14(15)13(11)8-17;/h11,13-14H,3-8,15H2,1-2H3;1H. The van der Waals surface area contributed by atoms with Crippen molar-refractivity contribution in [2.75, 3.05) is 13.1 Å². The highest BCUT2D eigenvalue weighted by Gasteiger charge is 2.38. The fraction of sp³-hybridized carbons (Fsp3) is 0.786. The second-order valence-electron chi connectivity index (χ2n) is 6.02. The first kappa shape index (κ1) is 14.8. The average molecular weight is 286 g/mol. The number of nitrogens with zero attached hydrogens (tertiary/aromatic N) is 2. The predicted molar refractivity (Wildman–Crippen MR) is 77.3 cm³/mol. The SMILES string of the molecule is Cc1noc(C)c1CN1CC2CCCC(N)C2C1.Cl. The van der Waals surface area contributed by atoms with Crippen molar-refractivity contribution in [3.63, 3.8) is 0 Å². The largest absolute Gasteiger partial charge is 0.361 e. The third kappa shape index (κ3) is 2.81. The molecule has 19 heavy (non-hydrogen) atoms. The summed E-state index contributed by atoms with van der Waals surface area (Å²) in [5.74, 6) is 2.49. The van der Waals surface area contributed by atoms with Gasteiger partial charge in [-0.15, -0.1) is 12.4 Å². The molecule has 0 aromatic carbocycles. The van der Waals surface area contributed by atoms with Crippen LogP contribution in [0.5, 0.6) is 0 Å². The molecule has 4 nitrogen and oxygen atoms in total. The van der Waals surface area contributed by atoms with Crippen molar-refractivity contribution in [1.82, 2.24) is 10.1 Å². The maximum Gasteiger partial charge on any atom is 0.138 e. The fourth-order valence-electron chi connectivity index (χ4n) is 3.69. The summed E-state index contributed by atoms with van der Waals surface area (Å²) < 4.78 is 5.24. The van der Waals surface area contributed by atoms with Crippen molar-refractivity contribution in [1.29, 1.82) is 0 Å². The van der Waals surface area contributed by atoms with Crippen LogP contribution >= 0.6 is 12.4 Å². The van der Waals surface area contributed by atoms with Crippen molar-refractivity contribution in [3.05, 3.63) is 17.0 Å². The Morgan fingerprint density at radius 1 is 1.32 bits per heavy atom. The van der Waals surface area contributed by atoms with Crippen LogP contribution in [0.25, 0.3) is 0 Å². The van der Waals surface area contributed by atoms with Crippen LogP contribution in [0.3, 0.4) is 0 Å². The summed E-state index contributed by atoms with van der Waals surface area (Å²) in [4.78, 5) is 2.53. The van der Waals surface area contributed by atoms with E-state index in [2.05, 4.69) is 10.1 Å². The minimum absolute atomic E-state index is 0. The normalized spacial score (nSPS) is 31.0. The van der Waals surface area contributed by atoms with Crippen LogP contribution < -0.4 is 5.73 Å². The Kier molecular flexibility index (Phi) is 4.54. The lowest BCUT2D eigenvalue weighted by atomic mass is 9.78. The van der Waals surface area contributed by atoms with Crippen molar-refractivity contribution < 1.29 is 4.52 Å². The van der Waals surface area contributed by atoms with Gasteiger partial charge < -0.3 is 10.3 Å². The van der Waals surface area contributed by atoms with Crippen molar-refractivity contribution in [2.45, 2.75) is 45.7 Å². The molecule has 3 rings (SSSR count). The van der Waals surface area contributed by atoms with Crippen LogP contribution in [0.2, 0.25) is 0 Å². The highest BCUT2D eigenvalue weighted by atomic mass is 35.5. The van der Waals surface area contributed by atoms with E-state index < -0.39 is 0 Å². The van der Waals surface area contributed by atoms with Crippen molar-refractivity contribution in [2.24, 2.45) is 17.6 Å². The molecule has 3 atom stereocenters. The van der Waals surface area contributed by atoms with Crippen LogP contribution in [-0.2, 0) is 6.54 Å². The highest BCUT2D eigenvalue weighted by molar-refractivity contribution is 5.85. The Morgan fingerprint density at radius 3 is 2.74 bits per heavy atom. The molecule has 108 valence electrons. The van der Waals surface area contributed by atoms with E-state index in [-0.39, 0.29) is 12.4 Å². The smallest absolute Gasteiger partial charge is 0.138 e. The van der Waals surface area contributed by atoms with Crippen molar-refractivity contribution in [3.8, 4) is 0 Å². The second-order valence-corrected chi connectivity index (χ2v) is 6.02. The lowest BCUT2D eigenvalue weighted by molar-refractivity contribution is 0.259. The Hall–Kier alpha value is -0.580. The summed E-state index contributed by atoms with van der Waals surface area (Å²) in [5, 5.41) is 4.04. The monoisotopic (exact) mass is 285 g/mol. The van der Waals surface area contributed by atoms with Gasteiger partial charge in [0.1, 0.15) is 5.76 Å². The summed E-state index contributed by atoms with van der Waals surface area (Å²) in [6.07, 6.45) is 3.87. The van der Waals surface area contributed by atoms with Crippen LogP contribution in [0.15, 0.2) is 4.52 Å². The summed E-state index contributed by atoms with van der Waals surface area (Å²) >= 11 is 0. The van der Waals surface area contributed by atoms with Gasteiger partial charge in [-0.3, -0.25) is 4.90 Å². The number of nitrogens with two attached hydrogens (primary N) is 1. The van der Waals surface area contributed by atoms with Gasteiger partial charge in [-0.2, -0.15) is 0 Å². The zero-order valence-electron chi connectivity index (χ0n) is 11.8. The zero-order chi connectivity index (χ0) is 12.7. The summed E-state index contributed by atoms with van der Waals surface area (Å²) in [6.45, 7) is 7.35. The number of likely N-dealkylation sites (tertiary alicyclic amines) is 1. The number of hydrogen-bond donors (Lipinski definition) is 1. The second kappa shape index (κ2) is 5.81. The molecule has 2 N–H and O–H groups in total. The lowest BCUT2D eigenvalue weighted by Crippen LogP contribution is -2.38. The van der Waals surface area contributed by atoms with Gasteiger partial charge in [-0.05, 0) is 38.5 Å². The van der Waals surface area contributed by atoms with E-state index in [1.54, 1.807) is 0 Å². The minimum Gasteiger partial charge on any atom is -0.361 e. The predicted octanol–water partition coefficient (Wildman–Crippen LogP) is 2.27. The van der Waals surface area contributed by atoms with Gasteiger partial charge >= 0.3 is 0 Å².